The number of carbonyl (C=O) groups excluding carboxylic acids is 2. The molecular weight excluding hydrogens is 258 g/mol. The maximum atomic E-state index is 11.4. The lowest BCUT2D eigenvalue weighted by Crippen LogP contribution is -2.30. The number of urea groups is 2. The van der Waals surface area contributed by atoms with Crippen LogP contribution in [0.4, 0.5) is 9.59 Å². The Hall–Kier alpha value is -2.02. The second kappa shape index (κ2) is 7.33. The van der Waals surface area contributed by atoms with E-state index in [0.717, 1.165) is 4.70 Å². The SMILES string of the molecule is NC(=O)[N+](CCCl)=NC(=O)NCc1ccccn1. The smallest absolute Gasteiger partial charge is 0.328 e. The van der Waals surface area contributed by atoms with Gasteiger partial charge in [-0.05, 0) is 17.2 Å². The molecule has 0 aliphatic rings. The molecule has 7 nitrogen and oxygen atoms in total. The van der Waals surface area contributed by atoms with Crippen molar-refractivity contribution < 1.29 is 14.3 Å². The van der Waals surface area contributed by atoms with Crippen LogP contribution in [0.3, 0.4) is 0 Å². The molecule has 0 aliphatic heterocycles. The van der Waals surface area contributed by atoms with Crippen LogP contribution in [-0.4, -0.2) is 34.2 Å². The van der Waals surface area contributed by atoms with Crippen LogP contribution in [0.2, 0.25) is 0 Å². The van der Waals surface area contributed by atoms with Gasteiger partial charge in [-0.2, -0.15) is 4.79 Å². The van der Waals surface area contributed by atoms with E-state index >= 15 is 0 Å². The molecule has 1 rings (SSSR count). The fraction of sp³-hybridized carbons (Fsp3) is 0.300. The summed E-state index contributed by atoms with van der Waals surface area (Å²) in [4.78, 5) is 26.3. The van der Waals surface area contributed by atoms with Crippen molar-refractivity contribution in [2.75, 3.05) is 12.4 Å². The molecule has 0 saturated heterocycles. The van der Waals surface area contributed by atoms with Gasteiger partial charge >= 0.3 is 12.1 Å². The molecule has 1 heterocycles. The number of azo groups is 2. The Bertz CT molecular complexity index is 449. The van der Waals surface area contributed by atoms with Crippen molar-refractivity contribution in [3.8, 4) is 0 Å². The molecule has 0 atom stereocenters. The highest BCUT2D eigenvalue weighted by Crippen LogP contribution is 1.93. The Morgan fingerprint density at radius 2 is 2.28 bits per heavy atom. The van der Waals surface area contributed by atoms with Crippen molar-refractivity contribution in [1.29, 1.82) is 0 Å². The molecule has 0 radical (unpaired) electrons. The molecule has 0 unspecified atom stereocenters. The molecule has 0 fully saturated rings. The molecule has 0 aromatic carbocycles. The Kier molecular flexibility index (Phi) is 5.72. The Morgan fingerprint density at radius 3 is 2.83 bits per heavy atom. The summed E-state index contributed by atoms with van der Waals surface area (Å²) < 4.78 is 0.806. The molecule has 4 amide bonds. The van der Waals surface area contributed by atoms with Crippen molar-refractivity contribution in [1.82, 2.24) is 10.3 Å². The van der Waals surface area contributed by atoms with Crippen molar-refractivity contribution in [3.63, 3.8) is 0 Å². The van der Waals surface area contributed by atoms with Gasteiger partial charge in [0, 0.05) is 6.20 Å². The second-order valence-corrected chi connectivity index (χ2v) is 3.61. The van der Waals surface area contributed by atoms with Crippen LogP contribution in [0.15, 0.2) is 29.5 Å². The second-order valence-electron chi connectivity index (χ2n) is 3.23. The van der Waals surface area contributed by atoms with E-state index in [1.807, 2.05) is 0 Å². The van der Waals surface area contributed by atoms with Gasteiger partial charge in [0.25, 0.3) is 0 Å². The van der Waals surface area contributed by atoms with E-state index in [0.29, 0.717) is 5.69 Å². The lowest BCUT2D eigenvalue weighted by molar-refractivity contribution is -0.487. The van der Waals surface area contributed by atoms with E-state index in [1.165, 1.54) is 0 Å². The first-order valence-electron chi connectivity index (χ1n) is 5.16. The van der Waals surface area contributed by atoms with Crippen molar-refractivity contribution in [2.24, 2.45) is 10.8 Å². The zero-order valence-corrected chi connectivity index (χ0v) is 10.3. The van der Waals surface area contributed by atoms with Crippen molar-refractivity contribution >= 4 is 23.7 Å². The summed E-state index contributed by atoms with van der Waals surface area (Å²) in [5, 5.41) is 5.96. The molecule has 1 aromatic rings. The topological polar surface area (TPSA) is 100 Å². The number of pyridine rings is 1. The highest BCUT2D eigenvalue weighted by atomic mass is 35.5. The van der Waals surface area contributed by atoms with Gasteiger partial charge in [0.2, 0.25) is 0 Å². The normalized spacial score (nSPS) is 11.1. The summed E-state index contributed by atoms with van der Waals surface area (Å²) in [6, 6.07) is 3.82. The van der Waals surface area contributed by atoms with Crippen LogP contribution in [0.5, 0.6) is 0 Å². The Labute approximate surface area is 109 Å². The number of aromatic nitrogens is 1. The largest absolute Gasteiger partial charge is 0.509 e. The van der Waals surface area contributed by atoms with Gasteiger partial charge in [-0.15, -0.1) is 11.6 Å². The van der Waals surface area contributed by atoms with Crippen molar-refractivity contribution in [2.45, 2.75) is 6.54 Å². The molecule has 0 saturated carbocycles. The number of rotatable bonds is 4. The number of primary amides is 1. The highest BCUT2D eigenvalue weighted by Gasteiger charge is 2.13. The Morgan fingerprint density at radius 1 is 1.50 bits per heavy atom. The van der Waals surface area contributed by atoms with E-state index in [4.69, 9.17) is 17.3 Å². The van der Waals surface area contributed by atoms with Crippen LogP contribution in [-0.2, 0) is 6.54 Å². The average Bonchev–Trinajstić information content (AvgIpc) is 2.37. The van der Waals surface area contributed by atoms with Gasteiger partial charge in [-0.3, -0.25) is 4.98 Å². The molecular formula is C10H13ClN5O2+. The first-order chi connectivity index (χ1) is 8.63. The minimum atomic E-state index is -0.830. The number of amides is 4. The van der Waals surface area contributed by atoms with Crippen LogP contribution in [0.1, 0.15) is 5.69 Å². The summed E-state index contributed by atoms with van der Waals surface area (Å²) >= 11 is 5.45. The van der Waals surface area contributed by atoms with Crippen LogP contribution >= 0.6 is 11.6 Å². The quantitative estimate of drug-likeness (QED) is 0.486. The van der Waals surface area contributed by atoms with E-state index in [1.54, 1.807) is 24.4 Å². The zero-order valence-electron chi connectivity index (χ0n) is 9.54. The molecule has 0 aliphatic carbocycles. The number of halogens is 1. The van der Waals surface area contributed by atoms with Gasteiger partial charge < -0.3 is 5.32 Å². The molecule has 0 bridgehead atoms. The van der Waals surface area contributed by atoms with Crippen LogP contribution in [0, 0.1) is 0 Å². The van der Waals surface area contributed by atoms with Crippen LogP contribution < -0.4 is 11.1 Å². The predicted molar refractivity (Wildman–Crippen MR) is 64.3 cm³/mol. The van der Waals surface area contributed by atoms with Crippen LogP contribution in [0.25, 0.3) is 0 Å². The summed E-state index contributed by atoms with van der Waals surface area (Å²) in [5.41, 5.74) is 5.70. The maximum Gasteiger partial charge on any atom is 0.509 e. The third-order valence-corrected chi connectivity index (χ3v) is 2.08. The summed E-state index contributed by atoms with van der Waals surface area (Å²) in [6.45, 7) is 0.296. The lowest BCUT2D eigenvalue weighted by Gasteiger charge is -2.00. The number of hydrogen-bond donors (Lipinski definition) is 2. The van der Waals surface area contributed by atoms with E-state index in [9.17, 15) is 9.59 Å². The monoisotopic (exact) mass is 270 g/mol. The summed E-state index contributed by atoms with van der Waals surface area (Å²) in [6.07, 6.45) is 1.61. The third-order valence-electron chi connectivity index (χ3n) is 1.91. The molecule has 18 heavy (non-hydrogen) atoms. The maximum absolute atomic E-state index is 11.4. The minimum absolute atomic E-state index is 0.0773. The number of nitrogens with two attached hydrogens (primary N) is 1. The average molecular weight is 271 g/mol. The first-order valence-corrected chi connectivity index (χ1v) is 5.69. The fourth-order valence-electron chi connectivity index (χ4n) is 1.10. The van der Waals surface area contributed by atoms with Gasteiger partial charge in [0.1, 0.15) is 6.54 Å². The molecule has 0 spiro atoms. The van der Waals surface area contributed by atoms with Crippen molar-refractivity contribution in [3.05, 3.63) is 30.1 Å². The number of hydrogen-bond acceptors (Lipinski definition) is 3. The predicted octanol–water partition coefficient (Wildman–Crippen LogP) is 1.07. The van der Waals surface area contributed by atoms with E-state index < -0.39 is 12.1 Å². The molecule has 96 valence electrons. The number of nitrogens with zero attached hydrogens (tertiary/aromatic N) is 3. The summed E-state index contributed by atoms with van der Waals surface area (Å²) in [7, 11) is 0. The van der Waals surface area contributed by atoms with Gasteiger partial charge in [-0.25, -0.2) is 10.5 Å². The number of nitrogens with one attached hydrogen (secondary N) is 1. The van der Waals surface area contributed by atoms with E-state index in [-0.39, 0.29) is 19.0 Å². The zero-order chi connectivity index (χ0) is 13.4. The lowest BCUT2D eigenvalue weighted by atomic mass is 10.3. The number of alkyl halides is 1. The third kappa shape index (κ3) is 4.88. The molecule has 1 aromatic heterocycles. The van der Waals surface area contributed by atoms with Gasteiger partial charge in [0.05, 0.1) is 18.1 Å². The highest BCUT2D eigenvalue weighted by molar-refractivity contribution is 6.18. The molecule has 3 N–H and O–H groups in total. The van der Waals surface area contributed by atoms with E-state index in [2.05, 4.69) is 15.4 Å². The minimum Gasteiger partial charge on any atom is -0.328 e. The Balaban J connectivity index is 2.55. The van der Waals surface area contributed by atoms with Gasteiger partial charge in [0.15, 0.2) is 0 Å². The first kappa shape index (κ1) is 14.0. The molecule has 8 heteroatoms. The fourth-order valence-corrected chi connectivity index (χ4v) is 1.26. The number of carbonyl (C=O) groups is 2. The van der Waals surface area contributed by atoms with Gasteiger partial charge in [-0.1, -0.05) is 10.8 Å². The summed E-state index contributed by atoms with van der Waals surface area (Å²) in [5.74, 6) is 0.139. The standard InChI is InChI=1S/C10H12ClN5O2/c11-4-6-16(9(12)17)15-10(18)14-7-8-3-1-2-5-13-8/h1-3,5H,4,6-7H2,(H2-,12,14,17,18)/p+1.